The van der Waals surface area contributed by atoms with E-state index in [4.69, 9.17) is 11.6 Å². The molecule has 2 heterocycles. The summed E-state index contributed by atoms with van der Waals surface area (Å²) < 4.78 is 13.6. The topological polar surface area (TPSA) is 15.3 Å². The lowest BCUT2D eigenvalue weighted by molar-refractivity contribution is 0.200. The molecule has 6 heteroatoms. The van der Waals surface area contributed by atoms with Crippen LogP contribution in [0.2, 0.25) is 5.02 Å². The van der Waals surface area contributed by atoms with Crippen molar-refractivity contribution in [2.45, 2.75) is 6.04 Å². The maximum absolute atomic E-state index is 13.6. The fourth-order valence-corrected chi connectivity index (χ4v) is 3.74. The van der Waals surface area contributed by atoms with E-state index in [2.05, 4.69) is 21.7 Å². The second-order valence-electron chi connectivity index (χ2n) is 4.87. The zero-order chi connectivity index (χ0) is 13.9. The molecule has 2 nitrogen and oxygen atoms in total. The second kappa shape index (κ2) is 7.56. The molecule has 21 heavy (non-hydrogen) atoms. The molecule has 0 radical (unpaired) electrons. The van der Waals surface area contributed by atoms with Crippen LogP contribution in [0.15, 0.2) is 35.7 Å². The van der Waals surface area contributed by atoms with Gasteiger partial charge in [0, 0.05) is 36.1 Å². The summed E-state index contributed by atoms with van der Waals surface area (Å²) >= 11 is 8.01. The van der Waals surface area contributed by atoms with E-state index in [0.29, 0.717) is 5.02 Å². The first-order valence-corrected chi connectivity index (χ1v) is 7.94. The molecule has 3 rings (SSSR count). The van der Waals surface area contributed by atoms with Crippen LogP contribution in [0.4, 0.5) is 4.39 Å². The summed E-state index contributed by atoms with van der Waals surface area (Å²) in [6.45, 7) is 3.79. The van der Waals surface area contributed by atoms with Crippen molar-refractivity contribution < 1.29 is 4.39 Å². The summed E-state index contributed by atoms with van der Waals surface area (Å²) in [7, 11) is 0. The number of hydrogen-bond donors (Lipinski definition) is 1. The normalized spacial score (nSPS) is 17.2. The van der Waals surface area contributed by atoms with Crippen LogP contribution in [-0.2, 0) is 0 Å². The van der Waals surface area contributed by atoms with Gasteiger partial charge in [-0.3, -0.25) is 4.90 Å². The molecule has 1 aliphatic heterocycles. The molecule has 1 atom stereocenters. The Morgan fingerprint density at radius 1 is 1.24 bits per heavy atom. The standard InChI is InChI=1S/C15H16ClFN2S.ClH/c16-13-4-3-11(17)10-12(13)15(14-2-1-9-20-14)19-7-5-18-6-8-19;/h1-4,9-10,15,18H,5-8H2;1H/t15-;/m0./s1. The maximum Gasteiger partial charge on any atom is 0.123 e. The highest BCUT2D eigenvalue weighted by atomic mass is 35.5. The number of hydrogen-bond acceptors (Lipinski definition) is 3. The monoisotopic (exact) mass is 346 g/mol. The van der Waals surface area contributed by atoms with Gasteiger partial charge in [-0.15, -0.1) is 23.7 Å². The van der Waals surface area contributed by atoms with Crippen LogP contribution in [0.3, 0.4) is 0 Å². The van der Waals surface area contributed by atoms with Gasteiger partial charge < -0.3 is 5.32 Å². The number of nitrogens with one attached hydrogen (secondary N) is 1. The van der Waals surface area contributed by atoms with E-state index in [1.807, 2.05) is 6.07 Å². The molecule has 1 aromatic heterocycles. The van der Waals surface area contributed by atoms with Crippen molar-refractivity contribution >= 4 is 35.3 Å². The van der Waals surface area contributed by atoms with E-state index in [-0.39, 0.29) is 24.3 Å². The number of thiophene rings is 1. The highest BCUT2D eigenvalue weighted by molar-refractivity contribution is 7.10. The average Bonchev–Trinajstić information content (AvgIpc) is 2.98. The minimum Gasteiger partial charge on any atom is -0.314 e. The highest BCUT2D eigenvalue weighted by Crippen LogP contribution is 2.36. The Hall–Kier alpha value is -0.650. The van der Waals surface area contributed by atoms with Crippen molar-refractivity contribution in [3.63, 3.8) is 0 Å². The third-order valence-electron chi connectivity index (χ3n) is 3.58. The fourth-order valence-electron chi connectivity index (χ4n) is 2.64. The van der Waals surface area contributed by atoms with Crippen molar-refractivity contribution in [2.24, 2.45) is 0 Å². The second-order valence-corrected chi connectivity index (χ2v) is 6.26. The molecular formula is C15H17Cl2FN2S. The first kappa shape index (κ1) is 16.7. The van der Waals surface area contributed by atoms with Gasteiger partial charge in [-0.25, -0.2) is 4.39 Å². The number of nitrogens with zero attached hydrogens (tertiary/aromatic N) is 1. The zero-order valence-corrected chi connectivity index (χ0v) is 13.8. The molecular weight excluding hydrogens is 330 g/mol. The lowest BCUT2D eigenvalue weighted by Gasteiger charge is -2.35. The van der Waals surface area contributed by atoms with E-state index in [9.17, 15) is 4.39 Å². The largest absolute Gasteiger partial charge is 0.314 e. The predicted molar refractivity (Wildman–Crippen MR) is 89.3 cm³/mol. The van der Waals surface area contributed by atoms with Gasteiger partial charge in [0.15, 0.2) is 0 Å². The molecule has 1 N–H and O–H groups in total. The Morgan fingerprint density at radius 3 is 2.67 bits per heavy atom. The first-order chi connectivity index (χ1) is 9.75. The molecule has 1 saturated heterocycles. The van der Waals surface area contributed by atoms with Crippen LogP contribution >= 0.6 is 35.3 Å². The Balaban J connectivity index is 0.00000161. The molecule has 0 bridgehead atoms. The van der Waals surface area contributed by atoms with Crippen LogP contribution < -0.4 is 5.32 Å². The van der Waals surface area contributed by atoms with Gasteiger partial charge in [-0.1, -0.05) is 17.7 Å². The lowest BCUT2D eigenvalue weighted by atomic mass is 10.0. The molecule has 0 saturated carbocycles. The van der Waals surface area contributed by atoms with Crippen LogP contribution in [0, 0.1) is 5.82 Å². The minimum atomic E-state index is -0.235. The number of piperazine rings is 1. The summed E-state index contributed by atoms with van der Waals surface area (Å²) in [5.74, 6) is -0.235. The molecule has 0 spiro atoms. The number of rotatable bonds is 3. The van der Waals surface area contributed by atoms with Crippen LogP contribution in [0.5, 0.6) is 0 Å². The quantitative estimate of drug-likeness (QED) is 0.904. The maximum atomic E-state index is 13.6. The third kappa shape index (κ3) is 3.76. The Kier molecular flexibility index (Phi) is 6.02. The van der Waals surface area contributed by atoms with Crippen LogP contribution in [0.25, 0.3) is 0 Å². The van der Waals surface area contributed by atoms with Gasteiger partial charge >= 0.3 is 0 Å². The van der Waals surface area contributed by atoms with Gasteiger partial charge in [0.1, 0.15) is 5.82 Å². The van der Waals surface area contributed by atoms with Gasteiger partial charge in [0.05, 0.1) is 6.04 Å². The summed E-state index contributed by atoms with van der Waals surface area (Å²) in [5, 5.41) is 6.03. The molecule has 1 aromatic carbocycles. The van der Waals surface area contributed by atoms with Gasteiger partial charge in [-0.2, -0.15) is 0 Å². The SMILES string of the molecule is Cl.Fc1ccc(Cl)c([C@@H](c2cccs2)N2CCNCC2)c1. The smallest absolute Gasteiger partial charge is 0.123 e. The van der Waals surface area contributed by atoms with E-state index in [1.54, 1.807) is 23.5 Å². The molecule has 0 unspecified atom stereocenters. The van der Waals surface area contributed by atoms with Gasteiger partial charge in [0.25, 0.3) is 0 Å². The van der Waals surface area contributed by atoms with E-state index >= 15 is 0 Å². The van der Waals surface area contributed by atoms with E-state index < -0.39 is 0 Å². The van der Waals surface area contributed by atoms with E-state index in [1.165, 1.54) is 10.9 Å². The van der Waals surface area contributed by atoms with Gasteiger partial charge in [-0.05, 0) is 35.2 Å². The molecule has 0 aliphatic carbocycles. The van der Waals surface area contributed by atoms with Gasteiger partial charge in [0.2, 0.25) is 0 Å². The van der Waals surface area contributed by atoms with E-state index in [0.717, 1.165) is 31.7 Å². The Bertz CT molecular complexity index is 571. The Labute approximate surface area is 139 Å². The summed E-state index contributed by atoms with van der Waals surface area (Å²) in [6.07, 6.45) is 0. The van der Waals surface area contributed by atoms with Crippen LogP contribution in [0.1, 0.15) is 16.5 Å². The van der Waals surface area contributed by atoms with Crippen molar-refractivity contribution in [1.82, 2.24) is 10.2 Å². The fraction of sp³-hybridized carbons (Fsp3) is 0.333. The molecule has 1 aliphatic rings. The summed E-state index contributed by atoms with van der Waals surface area (Å²) in [4.78, 5) is 3.57. The highest BCUT2D eigenvalue weighted by Gasteiger charge is 2.26. The first-order valence-electron chi connectivity index (χ1n) is 6.69. The third-order valence-corrected chi connectivity index (χ3v) is 4.85. The molecule has 0 amide bonds. The van der Waals surface area contributed by atoms with Crippen molar-refractivity contribution in [2.75, 3.05) is 26.2 Å². The predicted octanol–water partition coefficient (Wildman–Crippen LogP) is 3.96. The molecule has 2 aromatic rings. The Morgan fingerprint density at radius 2 is 2.00 bits per heavy atom. The molecule has 114 valence electrons. The summed E-state index contributed by atoms with van der Waals surface area (Å²) in [5.41, 5.74) is 0.857. The average molecular weight is 347 g/mol. The number of benzene rings is 1. The van der Waals surface area contributed by atoms with Crippen molar-refractivity contribution in [3.8, 4) is 0 Å². The zero-order valence-electron chi connectivity index (χ0n) is 11.4. The van der Waals surface area contributed by atoms with Crippen molar-refractivity contribution in [3.05, 3.63) is 57.0 Å². The lowest BCUT2D eigenvalue weighted by Crippen LogP contribution is -2.45. The summed E-state index contributed by atoms with van der Waals surface area (Å²) in [6, 6.07) is 8.79. The minimum absolute atomic E-state index is 0. The molecule has 1 fully saturated rings. The van der Waals surface area contributed by atoms with Crippen LogP contribution in [-0.4, -0.2) is 31.1 Å². The van der Waals surface area contributed by atoms with Crippen molar-refractivity contribution in [1.29, 1.82) is 0 Å². The number of halogens is 3.